The highest BCUT2D eigenvalue weighted by molar-refractivity contribution is 14.0. The molecule has 29 heavy (non-hydrogen) atoms. The molecule has 0 bridgehead atoms. The second-order valence-corrected chi connectivity index (χ2v) is 8.83. The summed E-state index contributed by atoms with van der Waals surface area (Å²) >= 11 is 6.53. The molecule has 0 unspecified atom stereocenters. The van der Waals surface area contributed by atoms with E-state index in [9.17, 15) is 4.79 Å². The molecule has 1 fully saturated rings. The summed E-state index contributed by atoms with van der Waals surface area (Å²) in [5.41, 5.74) is 0.752. The van der Waals surface area contributed by atoms with Gasteiger partial charge in [-0.2, -0.15) is 0 Å². The van der Waals surface area contributed by atoms with E-state index in [0.29, 0.717) is 25.7 Å². The van der Waals surface area contributed by atoms with Crippen molar-refractivity contribution in [2.24, 2.45) is 4.99 Å². The normalized spacial score (nSPS) is 16.6. The lowest BCUT2D eigenvalue weighted by molar-refractivity contribution is -0.122. The quantitative estimate of drug-likeness (QED) is 0.344. The molecule has 0 saturated carbocycles. The van der Waals surface area contributed by atoms with Crippen molar-refractivity contribution in [3.63, 3.8) is 0 Å². The molecule has 0 spiro atoms. The molecule has 2 rings (SSSR count). The second kappa shape index (κ2) is 11.4. The first-order valence-corrected chi connectivity index (χ1v) is 10.1. The van der Waals surface area contributed by atoms with Crippen LogP contribution in [0.2, 0.25) is 5.02 Å². The number of halogens is 2. The van der Waals surface area contributed by atoms with E-state index in [0.717, 1.165) is 23.4 Å². The van der Waals surface area contributed by atoms with Gasteiger partial charge < -0.3 is 20.3 Å². The minimum absolute atomic E-state index is 0. The van der Waals surface area contributed by atoms with Crippen LogP contribution in [0.5, 0.6) is 0 Å². The van der Waals surface area contributed by atoms with Crippen molar-refractivity contribution in [2.45, 2.75) is 44.6 Å². The number of amides is 1. The number of benzene rings is 1. The number of hydrogen-bond donors (Lipinski definition) is 2. The predicted octanol–water partition coefficient (Wildman–Crippen LogP) is 3.43. The van der Waals surface area contributed by atoms with Crippen molar-refractivity contribution < 1.29 is 9.53 Å². The molecule has 1 saturated heterocycles. The number of nitrogens with one attached hydrogen (secondary N) is 2. The largest absolute Gasteiger partial charge is 0.381 e. The SMILES string of the molecule is CN=C(NCC1(c2ccccc2Cl)CCOCC1)N(C)CC(=O)NC(C)(C)C.I. The lowest BCUT2D eigenvalue weighted by atomic mass is 9.74. The van der Waals surface area contributed by atoms with Crippen LogP contribution in [0.25, 0.3) is 0 Å². The van der Waals surface area contributed by atoms with Crippen LogP contribution in [0.1, 0.15) is 39.2 Å². The second-order valence-electron chi connectivity index (χ2n) is 8.43. The molecule has 0 aromatic heterocycles. The highest BCUT2D eigenvalue weighted by Gasteiger charge is 2.36. The molecule has 1 aliphatic rings. The molecule has 1 aromatic carbocycles. The van der Waals surface area contributed by atoms with E-state index in [1.54, 1.807) is 7.05 Å². The maximum absolute atomic E-state index is 12.3. The van der Waals surface area contributed by atoms with E-state index in [-0.39, 0.29) is 47.4 Å². The maximum atomic E-state index is 12.3. The zero-order valence-corrected chi connectivity index (χ0v) is 21.1. The van der Waals surface area contributed by atoms with E-state index in [2.05, 4.69) is 21.7 Å². The summed E-state index contributed by atoms with van der Waals surface area (Å²) in [4.78, 5) is 18.4. The third kappa shape index (κ3) is 7.61. The van der Waals surface area contributed by atoms with Gasteiger partial charge in [0, 0.05) is 49.8 Å². The predicted molar refractivity (Wildman–Crippen MR) is 130 cm³/mol. The molecule has 1 aliphatic heterocycles. The molecular formula is C21H34ClIN4O2. The number of rotatable bonds is 5. The molecule has 0 aliphatic carbocycles. The Morgan fingerprint density at radius 1 is 1.28 bits per heavy atom. The van der Waals surface area contributed by atoms with Crippen LogP contribution in [0.3, 0.4) is 0 Å². The van der Waals surface area contributed by atoms with Crippen LogP contribution in [0, 0.1) is 0 Å². The number of likely N-dealkylation sites (N-methyl/N-ethyl adjacent to an activating group) is 1. The molecule has 164 valence electrons. The summed E-state index contributed by atoms with van der Waals surface area (Å²) in [6, 6.07) is 8.01. The Bertz CT molecular complexity index is 700. The Morgan fingerprint density at radius 3 is 2.45 bits per heavy atom. The number of nitrogens with zero attached hydrogens (tertiary/aromatic N) is 2. The van der Waals surface area contributed by atoms with E-state index in [1.165, 1.54) is 0 Å². The van der Waals surface area contributed by atoms with Gasteiger partial charge in [0.15, 0.2) is 5.96 Å². The molecule has 2 N–H and O–H groups in total. The fourth-order valence-electron chi connectivity index (χ4n) is 3.58. The first-order chi connectivity index (χ1) is 13.2. The molecule has 1 aromatic rings. The van der Waals surface area contributed by atoms with Crippen molar-refractivity contribution in [3.05, 3.63) is 34.9 Å². The third-order valence-electron chi connectivity index (χ3n) is 4.95. The number of carbonyl (C=O) groups excluding carboxylic acids is 1. The lowest BCUT2D eigenvalue weighted by Crippen LogP contribution is -2.51. The van der Waals surface area contributed by atoms with Crippen LogP contribution in [-0.4, -0.2) is 62.7 Å². The van der Waals surface area contributed by atoms with Crippen LogP contribution >= 0.6 is 35.6 Å². The fourth-order valence-corrected chi connectivity index (χ4v) is 3.91. The van der Waals surface area contributed by atoms with Gasteiger partial charge in [-0.25, -0.2) is 0 Å². The van der Waals surface area contributed by atoms with Gasteiger partial charge in [0.2, 0.25) is 5.91 Å². The minimum atomic E-state index is -0.259. The highest BCUT2D eigenvalue weighted by Crippen LogP contribution is 2.38. The maximum Gasteiger partial charge on any atom is 0.240 e. The first kappa shape index (κ1) is 26.0. The molecule has 8 heteroatoms. The Kier molecular flexibility index (Phi) is 10.2. The van der Waals surface area contributed by atoms with Crippen molar-refractivity contribution in [1.82, 2.24) is 15.5 Å². The van der Waals surface area contributed by atoms with Gasteiger partial charge >= 0.3 is 0 Å². The van der Waals surface area contributed by atoms with Gasteiger partial charge in [0.1, 0.15) is 0 Å². The molecular weight excluding hydrogens is 503 g/mol. The van der Waals surface area contributed by atoms with Gasteiger partial charge in [0.05, 0.1) is 6.54 Å². The number of guanidine groups is 1. The monoisotopic (exact) mass is 536 g/mol. The van der Waals surface area contributed by atoms with Crippen LogP contribution < -0.4 is 10.6 Å². The van der Waals surface area contributed by atoms with Crippen LogP contribution in [0.4, 0.5) is 0 Å². The Hall–Kier alpha value is -1.06. The smallest absolute Gasteiger partial charge is 0.240 e. The van der Waals surface area contributed by atoms with Crippen molar-refractivity contribution in [1.29, 1.82) is 0 Å². The molecule has 0 atom stereocenters. The Balaban J connectivity index is 0.00000420. The van der Waals surface area contributed by atoms with E-state index >= 15 is 0 Å². The number of aliphatic imine (C=N–C) groups is 1. The summed E-state index contributed by atoms with van der Waals surface area (Å²) in [5.74, 6) is 0.645. The van der Waals surface area contributed by atoms with Gasteiger partial charge in [-0.3, -0.25) is 9.79 Å². The van der Waals surface area contributed by atoms with Crippen molar-refractivity contribution >= 4 is 47.4 Å². The van der Waals surface area contributed by atoms with Gasteiger partial charge in [-0.05, 0) is 45.2 Å². The van der Waals surface area contributed by atoms with Crippen LogP contribution in [0.15, 0.2) is 29.3 Å². The zero-order chi connectivity index (χ0) is 20.8. The summed E-state index contributed by atoms with van der Waals surface area (Å²) in [6.45, 7) is 8.23. The average molecular weight is 537 g/mol. The summed E-state index contributed by atoms with van der Waals surface area (Å²) in [5, 5.41) is 7.21. The standard InChI is InChI=1S/C21H33ClN4O2.HI/c1-20(2,3)25-18(27)14-26(5)19(23-4)24-15-21(10-12-28-13-11-21)16-8-6-7-9-17(16)22;/h6-9H,10-15H2,1-5H3,(H,23,24)(H,25,27);1H. The van der Waals surface area contributed by atoms with E-state index in [4.69, 9.17) is 16.3 Å². The number of ether oxygens (including phenoxy) is 1. The van der Waals surface area contributed by atoms with Crippen molar-refractivity contribution in [3.8, 4) is 0 Å². The molecule has 6 nitrogen and oxygen atoms in total. The van der Waals surface area contributed by atoms with Crippen molar-refractivity contribution in [2.75, 3.05) is 40.4 Å². The fraction of sp³-hybridized carbons (Fsp3) is 0.619. The molecule has 1 amide bonds. The summed E-state index contributed by atoms with van der Waals surface area (Å²) < 4.78 is 5.60. The van der Waals surface area contributed by atoms with Gasteiger partial charge in [0.25, 0.3) is 0 Å². The topological polar surface area (TPSA) is 66.0 Å². The third-order valence-corrected chi connectivity index (χ3v) is 5.28. The average Bonchev–Trinajstić information content (AvgIpc) is 2.61. The summed E-state index contributed by atoms with van der Waals surface area (Å²) in [6.07, 6.45) is 1.77. The van der Waals surface area contributed by atoms with Gasteiger partial charge in [-0.15, -0.1) is 24.0 Å². The Morgan fingerprint density at radius 2 is 1.90 bits per heavy atom. The lowest BCUT2D eigenvalue weighted by Gasteiger charge is -2.39. The minimum Gasteiger partial charge on any atom is -0.381 e. The first-order valence-electron chi connectivity index (χ1n) is 9.72. The molecule has 1 heterocycles. The zero-order valence-electron chi connectivity index (χ0n) is 18.0. The number of hydrogen-bond acceptors (Lipinski definition) is 3. The molecule has 0 radical (unpaired) electrons. The Labute approximate surface area is 196 Å². The summed E-state index contributed by atoms with van der Waals surface area (Å²) in [7, 11) is 3.59. The highest BCUT2D eigenvalue weighted by atomic mass is 127. The van der Waals surface area contributed by atoms with E-state index < -0.39 is 0 Å². The van der Waals surface area contributed by atoms with Gasteiger partial charge in [-0.1, -0.05) is 29.8 Å². The number of carbonyl (C=O) groups is 1. The van der Waals surface area contributed by atoms with E-state index in [1.807, 2.05) is 50.9 Å². The van der Waals surface area contributed by atoms with Crippen LogP contribution in [-0.2, 0) is 14.9 Å².